The molecule has 0 spiro atoms. The molecule has 0 aliphatic rings. The fraction of sp³-hybridized carbons (Fsp3) is 0.0667. The zero-order valence-corrected chi connectivity index (χ0v) is 11.4. The number of ketones is 1. The molecular formula is C15H11N3OS. The van der Waals surface area contributed by atoms with Crippen LogP contribution in [0, 0.1) is 0 Å². The van der Waals surface area contributed by atoms with Crippen molar-refractivity contribution in [3.63, 3.8) is 0 Å². The van der Waals surface area contributed by atoms with Crippen LogP contribution in [0.4, 0.5) is 0 Å². The minimum atomic E-state index is -0.0143. The summed E-state index contributed by atoms with van der Waals surface area (Å²) < 4.78 is 0. The molecule has 0 unspecified atom stereocenters. The second-order valence-electron chi connectivity index (χ2n) is 4.22. The van der Waals surface area contributed by atoms with Gasteiger partial charge in [0.15, 0.2) is 5.78 Å². The highest BCUT2D eigenvalue weighted by Gasteiger charge is 2.11. The first-order valence-electron chi connectivity index (χ1n) is 6.11. The SMILES string of the molecule is O=C(Cc1nc(-c2ccccc2)cs1)c1cncnc1. The molecule has 2 heterocycles. The molecule has 0 aliphatic heterocycles. The van der Waals surface area contributed by atoms with Gasteiger partial charge in [-0.15, -0.1) is 11.3 Å². The summed E-state index contributed by atoms with van der Waals surface area (Å²) in [7, 11) is 0. The van der Waals surface area contributed by atoms with Gasteiger partial charge in [-0.05, 0) is 0 Å². The van der Waals surface area contributed by atoms with E-state index in [1.165, 1.54) is 30.1 Å². The normalized spacial score (nSPS) is 10.4. The van der Waals surface area contributed by atoms with Gasteiger partial charge in [-0.1, -0.05) is 30.3 Å². The summed E-state index contributed by atoms with van der Waals surface area (Å²) in [5.74, 6) is -0.0143. The molecule has 0 amide bonds. The monoisotopic (exact) mass is 281 g/mol. The lowest BCUT2D eigenvalue weighted by atomic mass is 10.1. The molecule has 0 bridgehead atoms. The van der Waals surface area contributed by atoms with Crippen molar-refractivity contribution in [1.29, 1.82) is 0 Å². The Morgan fingerprint density at radius 2 is 1.85 bits per heavy atom. The molecule has 0 saturated heterocycles. The lowest BCUT2D eigenvalue weighted by molar-refractivity contribution is 0.0992. The summed E-state index contributed by atoms with van der Waals surface area (Å²) >= 11 is 1.49. The van der Waals surface area contributed by atoms with Crippen LogP contribution in [0.2, 0.25) is 0 Å². The zero-order chi connectivity index (χ0) is 13.8. The van der Waals surface area contributed by atoms with Crippen LogP contribution in [0.15, 0.2) is 54.4 Å². The van der Waals surface area contributed by atoms with E-state index in [0.29, 0.717) is 5.56 Å². The van der Waals surface area contributed by atoms with Crippen molar-refractivity contribution in [2.75, 3.05) is 0 Å². The Morgan fingerprint density at radius 3 is 2.60 bits per heavy atom. The first-order valence-corrected chi connectivity index (χ1v) is 6.99. The van der Waals surface area contributed by atoms with E-state index in [4.69, 9.17) is 0 Å². The van der Waals surface area contributed by atoms with Crippen LogP contribution in [-0.4, -0.2) is 20.7 Å². The van der Waals surface area contributed by atoms with Gasteiger partial charge in [-0.2, -0.15) is 0 Å². The smallest absolute Gasteiger partial charge is 0.172 e. The molecule has 3 aromatic rings. The first kappa shape index (κ1) is 12.6. The van der Waals surface area contributed by atoms with Gasteiger partial charge in [0, 0.05) is 23.3 Å². The average Bonchev–Trinajstić information content (AvgIpc) is 2.97. The van der Waals surface area contributed by atoms with Crippen LogP contribution < -0.4 is 0 Å². The van der Waals surface area contributed by atoms with Crippen molar-refractivity contribution in [2.24, 2.45) is 0 Å². The molecule has 1 aromatic carbocycles. The molecule has 20 heavy (non-hydrogen) atoms. The van der Waals surface area contributed by atoms with E-state index in [0.717, 1.165) is 16.3 Å². The maximum atomic E-state index is 12.0. The zero-order valence-electron chi connectivity index (χ0n) is 10.6. The third-order valence-electron chi connectivity index (χ3n) is 2.82. The van der Waals surface area contributed by atoms with Crippen molar-refractivity contribution in [3.8, 4) is 11.3 Å². The molecular weight excluding hydrogens is 270 g/mol. The Morgan fingerprint density at radius 1 is 1.10 bits per heavy atom. The highest BCUT2D eigenvalue weighted by atomic mass is 32.1. The van der Waals surface area contributed by atoms with Crippen LogP contribution in [-0.2, 0) is 6.42 Å². The van der Waals surface area contributed by atoms with Gasteiger partial charge in [-0.3, -0.25) is 4.79 Å². The molecule has 0 N–H and O–H groups in total. The van der Waals surface area contributed by atoms with E-state index in [-0.39, 0.29) is 12.2 Å². The predicted molar refractivity (Wildman–Crippen MR) is 77.6 cm³/mol. The largest absolute Gasteiger partial charge is 0.294 e. The fourth-order valence-corrected chi connectivity index (χ4v) is 2.62. The average molecular weight is 281 g/mol. The summed E-state index contributed by atoms with van der Waals surface area (Å²) in [6.07, 6.45) is 4.75. The number of carbonyl (C=O) groups is 1. The third-order valence-corrected chi connectivity index (χ3v) is 3.66. The molecule has 0 atom stereocenters. The van der Waals surface area contributed by atoms with Gasteiger partial charge in [0.2, 0.25) is 0 Å². The van der Waals surface area contributed by atoms with Gasteiger partial charge in [0.05, 0.1) is 17.7 Å². The lowest BCUT2D eigenvalue weighted by Crippen LogP contribution is -2.04. The summed E-state index contributed by atoms with van der Waals surface area (Å²) in [5, 5.41) is 2.78. The Kier molecular flexibility index (Phi) is 3.60. The summed E-state index contributed by atoms with van der Waals surface area (Å²) in [4.78, 5) is 24.3. The predicted octanol–water partition coefficient (Wildman–Crippen LogP) is 3.03. The fourth-order valence-electron chi connectivity index (χ4n) is 1.82. The van der Waals surface area contributed by atoms with Crippen molar-refractivity contribution < 1.29 is 4.79 Å². The van der Waals surface area contributed by atoms with Gasteiger partial charge in [0.25, 0.3) is 0 Å². The molecule has 0 aliphatic carbocycles. The minimum Gasteiger partial charge on any atom is -0.294 e. The lowest BCUT2D eigenvalue weighted by Gasteiger charge is -1.97. The maximum absolute atomic E-state index is 12.0. The number of nitrogens with zero attached hydrogens (tertiary/aromatic N) is 3. The Hall–Kier alpha value is -2.40. The minimum absolute atomic E-state index is 0.0143. The van der Waals surface area contributed by atoms with Gasteiger partial charge >= 0.3 is 0 Å². The quantitative estimate of drug-likeness (QED) is 0.690. The van der Waals surface area contributed by atoms with Crippen LogP contribution in [0.1, 0.15) is 15.4 Å². The Labute approximate surface area is 120 Å². The number of aromatic nitrogens is 3. The molecule has 0 radical (unpaired) electrons. The summed E-state index contributed by atoms with van der Waals surface area (Å²) in [6.45, 7) is 0. The highest BCUT2D eigenvalue weighted by Crippen LogP contribution is 2.22. The molecule has 2 aromatic heterocycles. The Bertz CT molecular complexity index is 710. The van der Waals surface area contributed by atoms with Gasteiger partial charge in [-0.25, -0.2) is 15.0 Å². The summed E-state index contributed by atoms with van der Waals surface area (Å²) in [5.41, 5.74) is 2.48. The molecule has 98 valence electrons. The number of benzene rings is 1. The third kappa shape index (κ3) is 2.78. The number of Topliss-reactive ketones (excluding diaryl/α,β-unsaturated/α-hetero) is 1. The number of carbonyl (C=O) groups excluding carboxylic acids is 1. The van der Waals surface area contributed by atoms with E-state index >= 15 is 0 Å². The number of rotatable bonds is 4. The van der Waals surface area contributed by atoms with Gasteiger partial charge in [0.1, 0.15) is 11.3 Å². The van der Waals surface area contributed by atoms with Crippen LogP contribution in [0.25, 0.3) is 11.3 Å². The molecule has 0 saturated carbocycles. The van der Waals surface area contributed by atoms with Crippen molar-refractivity contribution >= 4 is 17.1 Å². The van der Waals surface area contributed by atoms with Gasteiger partial charge < -0.3 is 0 Å². The van der Waals surface area contributed by atoms with E-state index in [2.05, 4.69) is 15.0 Å². The second kappa shape index (κ2) is 5.71. The molecule has 3 rings (SSSR count). The van der Waals surface area contributed by atoms with E-state index in [1.54, 1.807) is 0 Å². The maximum Gasteiger partial charge on any atom is 0.172 e. The van der Waals surface area contributed by atoms with E-state index in [9.17, 15) is 4.79 Å². The number of hydrogen-bond acceptors (Lipinski definition) is 5. The van der Waals surface area contributed by atoms with Crippen molar-refractivity contribution in [3.05, 3.63) is 65.0 Å². The topological polar surface area (TPSA) is 55.7 Å². The molecule has 4 nitrogen and oxygen atoms in total. The van der Waals surface area contributed by atoms with Crippen molar-refractivity contribution in [2.45, 2.75) is 6.42 Å². The summed E-state index contributed by atoms with van der Waals surface area (Å²) in [6, 6.07) is 9.93. The van der Waals surface area contributed by atoms with Crippen LogP contribution in [0.3, 0.4) is 0 Å². The van der Waals surface area contributed by atoms with E-state index in [1.807, 2.05) is 35.7 Å². The van der Waals surface area contributed by atoms with Crippen molar-refractivity contribution in [1.82, 2.24) is 15.0 Å². The standard InChI is InChI=1S/C15H11N3OS/c19-14(12-7-16-10-17-8-12)6-15-18-13(9-20-15)11-4-2-1-3-5-11/h1-5,7-10H,6H2. The van der Waals surface area contributed by atoms with E-state index < -0.39 is 0 Å². The van der Waals surface area contributed by atoms with Crippen LogP contribution >= 0.6 is 11.3 Å². The number of hydrogen-bond donors (Lipinski definition) is 0. The highest BCUT2D eigenvalue weighted by molar-refractivity contribution is 7.10. The number of thiazole rings is 1. The molecule has 5 heteroatoms. The molecule has 0 fully saturated rings. The first-order chi connectivity index (χ1) is 9.83. The van der Waals surface area contributed by atoms with Crippen LogP contribution in [0.5, 0.6) is 0 Å². The second-order valence-corrected chi connectivity index (χ2v) is 5.16. The Balaban J connectivity index is 1.77.